The number of para-hydroxylation sites is 1. The topological polar surface area (TPSA) is 127 Å². The summed E-state index contributed by atoms with van der Waals surface area (Å²) in [4.78, 5) is 20.4. The highest BCUT2D eigenvalue weighted by atomic mass is 16.5. The van der Waals surface area contributed by atoms with Gasteiger partial charge in [0.05, 0.1) is 28.5 Å². The lowest BCUT2D eigenvalue weighted by molar-refractivity contribution is -0.138. The summed E-state index contributed by atoms with van der Waals surface area (Å²) in [6.45, 7) is 1.79. The Morgan fingerprint density at radius 2 is 1.84 bits per heavy atom. The lowest BCUT2D eigenvalue weighted by Crippen LogP contribution is -2.32. The number of nitrogens with two attached hydrogens (primary N) is 1. The van der Waals surface area contributed by atoms with Crippen molar-refractivity contribution in [1.82, 2.24) is 14.5 Å². The highest BCUT2D eigenvalue weighted by Gasteiger charge is 2.19. The third kappa shape index (κ3) is 4.89. The SMILES string of the molecule is Cc1nc(Oc2cc(C#N)ccc2-n2cc(CC(N)C(=O)O)c3ccccc32)cc(-c2ccccc2)n1. The number of aliphatic carboxylic acids is 1. The third-order valence-corrected chi connectivity index (χ3v) is 6.00. The quantitative estimate of drug-likeness (QED) is 0.329. The molecule has 0 aliphatic rings. The second-order valence-electron chi connectivity index (χ2n) is 8.59. The first-order chi connectivity index (χ1) is 17.9. The van der Waals surface area contributed by atoms with E-state index in [1.807, 2.05) is 65.4 Å². The number of aryl methyl sites for hydroxylation is 1. The maximum atomic E-state index is 11.4. The molecule has 37 heavy (non-hydrogen) atoms. The van der Waals surface area contributed by atoms with Gasteiger partial charge >= 0.3 is 5.97 Å². The third-order valence-electron chi connectivity index (χ3n) is 6.00. The van der Waals surface area contributed by atoms with Gasteiger partial charge in [-0.05, 0) is 30.7 Å². The second kappa shape index (κ2) is 9.93. The maximum absolute atomic E-state index is 11.4. The zero-order valence-corrected chi connectivity index (χ0v) is 20.0. The van der Waals surface area contributed by atoms with Crippen molar-refractivity contribution in [3.8, 4) is 34.6 Å². The molecular weight excluding hydrogens is 466 g/mol. The molecule has 3 N–H and O–H groups in total. The van der Waals surface area contributed by atoms with Crippen LogP contribution in [0.25, 0.3) is 27.8 Å². The van der Waals surface area contributed by atoms with E-state index < -0.39 is 12.0 Å². The van der Waals surface area contributed by atoms with Crippen LogP contribution in [0, 0.1) is 18.3 Å². The van der Waals surface area contributed by atoms with Gasteiger partial charge < -0.3 is 20.1 Å². The summed E-state index contributed by atoms with van der Waals surface area (Å²) in [6, 6.07) is 25.5. The number of carbonyl (C=O) groups is 1. The molecule has 1 atom stereocenters. The Hall–Kier alpha value is -5.00. The van der Waals surface area contributed by atoms with Gasteiger partial charge in [-0.25, -0.2) is 4.98 Å². The van der Waals surface area contributed by atoms with Crippen molar-refractivity contribution in [2.24, 2.45) is 5.73 Å². The van der Waals surface area contributed by atoms with Gasteiger partial charge in [0, 0.05) is 35.7 Å². The maximum Gasteiger partial charge on any atom is 0.320 e. The molecule has 8 heteroatoms. The summed E-state index contributed by atoms with van der Waals surface area (Å²) in [7, 11) is 0. The second-order valence-corrected chi connectivity index (χ2v) is 8.59. The van der Waals surface area contributed by atoms with E-state index in [2.05, 4.69) is 16.0 Å². The van der Waals surface area contributed by atoms with Crippen LogP contribution >= 0.6 is 0 Å². The molecule has 0 aliphatic carbocycles. The number of carboxylic acid groups (broad SMARTS) is 1. The van der Waals surface area contributed by atoms with Gasteiger partial charge in [-0.15, -0.1) is 0 Å². The predicted molar refractivity (Wildman–Crippen MR) is 140 cm³/mol. The van der Waals surface area contributed by atoms with Crippen molar-refractivity contribution < 1.29 is 14.6 Å². The first-order valence-corrected chi connectivity index (χ1v) is 11.6. The molecule has 0 radical (unpaired) electrons. The van der Waals surface area contributed by atoms with Crippen LogP contribution in [0.1, 0.15) is 17.0 Å². The minimum absolute atomic E-state index is 0.168. The van der Waals surface area contributed by atoms with Crippen LogP contribution in [-0.2, 0) is 11.2 Å². The van der Waals surface area contributed by atoms with E-state index >= 15 is 0 Å². The Balaban J connectivity index is 1.62. The number of aromatic nitrogens is 3. The number of benzene rings is 3. The van der Waals surface area contributed by atoms with Gasteiger partial charge in [0.25, 0.3) is 0 Å². The number of hydrogen-bond donors (Lipinski definition) is 2. The molecule has 2 heterocycles. The van der Waals surface area contributed by atoms with Gasteiger partial charge in [0.2, 0.25) is 5.88 Å². The summed E-state index contributed by atoms with van der Waals surface area (Å²) in [6.07, 6.45) is 2.03. The van der Waals surface area contributed by atoms with E-state index in [1.54, 1.807) is 31.2 Å². The molecule has 0 saturated heterocycles. The smallest absolute Gasteiger partial charge is 0.320 e. The van der Waals surface area contributed by atoms with E-state index in [4.69, 9.17) is 10.5 Å². The molecule has 0 bridgehead atoms. The largest absolute Gasteiger partial charge is 0.480 e. The molecule has 0 spiro atoms. The summed E-state index contributed by atoms with van der Waals surface area (Å²) in [5.74, 6) is 0.247. The Kier molecular flexibility index (Phi) is 6.37. The molecule has 3 aromatic carbocycles. The number of fused-ring (bicyclic) bond motifs is 1. The Morgan fingerprint density at radius 1 is 1.08 bits per heavy atom. The molecule has 0 aliphatic heterocycles. The van der Waals surface area contributed by atoms with Gasteiger partial charge in [-0.2, -0.15) is 10.2 Å². The molecule has 0 amide bonds. The molecule has 182 valence electrons. The summed E-state index contributed by atoms with van der Waals surface area (Å²) in [5, 5.41) is 19.8. The number of hydrogen-bond acceptors (Lipinski definition) is 6. The lowest BCUT2D eigenvalue weighted by Gasteiger charge is -2.14. The Morgan fingerprint density at radius 3 is 2.59 bits per heavy atom. The van der Waals surface area contributed by atoms with Crippen molar-refractivity contribution in [3.05, 3.63) is 102 Å². The van der Waals surface area contributed by atoms with E-state index in [0.717, 1.165) is 27.7 Å². The van der Waals surface area contributed by atoms with Gasteiger partial charge in [0.1, 0.15) is 11.9 Å². The van der Waals surface area contributed by atoms with Crippen LogP contribution in [0.2, 0.25) is 0 Å². The van der Waals surface area contributed by atoms with Crippen LogP contribution in [0.15, 0.2) is 85.1 Å². The minimum Gasteiger partial charge on any atom is -0.480 e. The number of nitriles is 1. The summed E-state index contributed by atoms with van der Waals surface area (Å²) in [5.41, 5.74) is 10.2. The molecule has 0 fully saturated rings. The standard InChI is InChI=1S/C29H23N5O3/c1-18-32-24(20-7-3-2-4-8-20)15-28(33-18)37-27-13-19(16-30)11-12-26(27)34-17-21(14-23(31)29(35)36)22-9-5-6-10-25(22)34/h2-13,15,17,23H,14,31H2,1H3,(H,35,36). The normalized spacial score (nSPS) is 11.7. The minimum atomic E-state index is -1.06. The van der Waals surface area contributed by atoms with Crippen molar-refractivity contribution in [2.45, 2.75) is 19.4 Å². The first-order valence-electron chi connectivity index (χ1n) is 11.6. The van der Waals surface area contributed by atoms with Crippen LogP contribution in [0.3, 0.4) is 0 Å². The zero-order valence-electron chi connectivity index (χ0n) is 20.0. The number of carboxylic acids is 1. The summed E-state index contributed by atoms with van der Waals surface area (Å²) < 4.78 is 8.20. The Labute approximate surface area is 213 Å². The van der Waals surface area contributed by atoms with Gasteiger partial charge in [-0.3, -0.25) is 4.79 Å². The number of nitrogens with zero attached hydrogens (tertiary/aromatic N) is 4. The van der Waals surface area contributed by atoms with Gasteiger partial charge in [-0.1, -0.05) is 48.5 Å². The van der Waals surface area contributed by atoms with Crippen LogP contribution in [-0.4, -0.2) is 31.7 Å². The highest BCUT2D eigenvalue weighted by Crippen LogP contribution is 2.34. The van der Waals surface area contributed by atoms with Crippen molar-refractivity contribution >= 4 is 16.9 Å². The predicted octanol–water partition coefficient (Wildman–Crippen LogP) is 5.01. The molecule has 1 unspecified atom stereocenters. The highest BCUT2D eigenvalue weighted by molar-refractivity contribution is 5.87. The molecule has 0 saturated carbocycles. The van der Waals surface area contributed by atoms with Crippen molar-refractivity contribution in [2.75, 3.05) is 0 Å². The summed E-state index contributed by atoms with van der Waals surface area (Å²) >= 11 is 0. The first kappa shape index (κ1) is 23.7. The fourth-order valence-electron chi connectivity index (χ4n) is 4.26. The lowest BCUT2D eigenvalue weighted by atomic mass is 10.1. The molecule has 5 rings (SSSR count). The average Bonchev–Trinajstić information content (AvgIpc) is 3.26. The van der Waals surface area contributed by atoms with Crippen LogP contribution in [0.4, 0.5) is 0 Å². The molecule has 5 aromatic rings. The van der Waals surface area contributed by atoms with Crippen LogP contribution < -0.4 is 10.5 Å². The molecule has 8 nitrogen and oxygen atoms in total. The fraction of sp³-hybridized carbons (Fsp3) is 0.103. The molecule has 2 aromatic heterocycles. The number of ether oxygens (including phenoxy) is 1. The van der Waals surface area contributed by atoms with E-state index in [1.165, 1.54) is 0 Å². The fourth-order valence-corrected chi connectivity index (χ4v) is 4.26. The van der Waals surface area contributed by atoms with E-state index in [9.17, 15) is 15.2 Å². The zero-order chi connectivity index (χ0) is 25.9. The average molecular weight is 490 g/mol. The van der Waals surface area contributed by atoms with Gasteiger partial charge in [0.15, 0.2) is 5.75 Å². The molecular formula is C29H23N5O3. The van der Waals surface area contributed by atoms with Crippen LogP contribution in [0.5, 0.6) is 11.6 Å². The Bertz CT molecular complexity index is 1650. The monoisotopic (exact) mass is 489 g/mol. The number of rotatable bonds is 7. The van der Waals surface area contributed by atoms with Crippen molar-refractivity contribution in [3.63, 3.8) is 0 Å². The van der Waals surface area contributed by atoms with E-state index in [0.29, 0.717) is 28.7 Å². The van der Waals surface area contributed by atoms with E-state index in [-0.39, 0.29) is 6.42 Å². The van der Waals surface area contributed by atoms with Crippen molar-refractivity contribution in [1.29, 1.82) is 5.26 Å².